The van der Waals surface area contributed by atoms with Crippen LogP contribution >= 0.6 is 0 Å². The highest BCUT2D eigenvalue weighted by molar-refractivity contribution is 5.78. The number of aromatic nitrogens is 1. The van der Waals surface area contributed by atoms with E-state index >= 15 is 0 Å². The van der Waals surface area contributed by atoms with Crippen LogP contribution in [0.15, 0.2) is 60.7 Å². The van der Waals surface area contributed by atoms with Crippen LogP contribution in [0.1, 0.15) is 11.3 Å². The lowest BCUT2D eigenvalue weighted by Gasteiger charge is -2.10. The average molecular weight is 264 g/mol. The molecule has 3 rings (SSSR count). The number of benzene rings is 2. The fourth-order valence-electron chi connectivity index (χ4n) is 2.15. The monoisotopic (exact) mass is 264 g/mol. The number of rotatable bonds is 4. The molecule has 20 heavy (non-hydrogen) atoms. The van der Waals surface area contributed by atoms with Gasteiger partial charge >= 0.3 is 0 Å². The molecular formula is C17H16N2O. The molecule has 0 saturated heterocycles. The van der Waals surface area contributed by atoms with Crippen molar-refractivity contribution in [1.82, 2.24) is 4.98 Å². The minimum Gasteiger partial charge on any atom is -0.487 e. The van der Waals surface area contributed by atoms with E-state index in [1.807, 2.05) is 48.5 Å². The Morgan fingerprint density at radius 2 is 1.70 bits per heavy atom. The van der Waals surface area contributed by atoms with Gasteiger partial charge in [-0.05, 0) is 18.2 Å². The number of nitrogens with zero attached hydrogens (tertiary/aromatic N) is 1. The van der Waals surface area contributed by atoms with Crippen molar-refractivity contribution in [1.29, 1.82) is 0 Å². The van der Waals surface area contributed by atoms with Crippen molar-refractivity contribution >= 4 is 10.9 Å². The second kappa shape index (κ2) is 5.72. The van der Waals surface area contributed by atoms with Crippen molar-refractivity contribution in [2.75, 3.05) is 0 Å². The zero-order valence-corrected chi connectivity index (χ0v) is 11.1. The first-order valence-corrected chi connectivity index (χ1v) is 6.62. The molecule has 0 aliphatic carbocycles. The molecule has 0 radical (unpaired) electrons. The summed E-state index contributed by atoms with van der Waals surface area (Å²) in [6, 6.07) is 19.9. The van der Waals surface area contributed by atoms with Crippen LogP contribution in [0.3, 0.4) is 0 Å². The van der Waals surface area contributed by atoms with E-state index in [0.717, 1.165) is 27.9 Å². The predicted molar refractivity (Wildman–Crippen MR) is 80.4 cm³/mol. The molecule has 1 heterocycles. The topological polar surface area (TPSA) is 48.1 Å². The molecule has 3 heteroatoms. The molecule has 100 valence electrons. The van der Waals surface area contributed by atoms with Gasteiger partial charge in [-0.25, -0.2) is 4.98 Å². The number of hydrogen-bond acceptors (Lipinski definition) is 3. The largest absolute Gasteiger partial charge is 0.487 e. The number of nitrogens with two attached hydrogens (primary N) is 1. The number of pyridine rings is 1. The Balaban J connectivity index is 1.79. The van der Waals surface area contributed by atoms with E-state index in [4.69, 9.17) is 10.5 Å². The highest BCUT2D eigenvalue weighted by Crippen LogP contribution is 2.19. The van der Waals surface area contributed by atoms with E-state index in [1.165, 1.54) is 0 Å². The first kappa shape index (κ1) is 12.6. The number of ether oxygens (including phenoxy) is 1. The molecule has 0 atom stereocenters. The van der Waals surface area contributed by atoms with E-state index in [2.05, 4.69) is 17.1 Å². The van der Waals surface area contributed by atoms with Gasteiger partial charge in [-0.2, -0.15) is 0 Å². The smallest absolute Gasteiger partial charge is 0.130 e. The Hall–Kier alpha value is -2.39. The van der Waals surface area contributed by atoms with Gasteiger partial charge in [0.2, 0.25) is 0 Å². The molecule has 2 aromatic carbocycles. The third-order valence-corrected chi connectivity index (χ3v) is 3.22. The van der Waals surface area contributed by atoms with E-state index in [9.17, 15) is 0 Å². The fraction of sp³-hybridized carbons (Fsp3) is 0.118. The van der Waals surface area contributed by atoms with Crippen molar-refractivity contribution in [2.45, 2.75) is 13.2 Å². The van der Waals surface area contributed by atoms with Crippen LogP contribution in [0.25, 0.3) is 10.9 Å². The van der Waals surface area contributed by atoms with Gasteiger partial charge < -0.3 is 10.5 Å². The normalized spacial score (nSPS) is 10.7. The van der Waals surface area contributed by atoms with E-state index in [0.29, 0.717) is 13.2 Å². The summed E-state index contributed by atoms with van der Waals surface area (Å²) in [6.07, 6.45) is 0. The second-order valence-corrected chi connectivity index (χ2v) is 4.60. The van der Waals surface area contributed by atoms with Gasteiger partial charge in [0, 0.05) is 17.5 Å². The first-order valence-electron chi connectivity index (χ1n) is 6.62. The number of fused-ring (bicyclic) bond motifs is 1. The van der Waals surface area contributed by atoms with Gasteiger partial charge in [-0.1, -0.05) is 42.5 Å². The van der Waals surface area contributed by atoms with E-state index < -0.39 is 0 Å². The molecule has 0 amide bonds. The molecule has 1 aromatic heterocycles. The first-order chi connectivity index (χ1) is 9.86. The van der Waals surface area contributed by atoms with Gasteiger partial charge in [-0.3, -0.25) is 0 Å². The third-order valence-electron chi connectivity index (χ3n) is 3.22. The maximum atomic E-state index is 5.82. The average Bonchev–Trinajstić information content (AvgIpc) is 2.53. The Morgan fingerprint density at radius 1 is 0.900 bits per heavy atom. The number of para-hydroxylation sites is 2. The molecule has 0 aliphatic heterocycles. The van der Waals surface area contributed by atoms with Gasteiger partial charge in [0.05, 0.1) is 11.2 Å². The maximum absolute atomic E-state index is 5.82. The molecule has 0 spiro atoms. The molecule has 2 N–H and O–H groups in total. The molecule has 3 aromatic rings. The zero-order chi connectivity index (χ0) is 13.8. The summed E-state index contributed by atoms with van der Waals surface area (Å²) in [6.45, 7) is 0.920. The molecular weight excluding hydrogens is 248 g/mol. The summed E-state index contributed by atoms with van der Waals surface area (Å²) in [5, 5.41) is 1.14. The van der Waals surface area contributed by atoms with Crippen LogP contribution in [0, 0.1) is 0 Å². The summed E-state index contributed by atoms with van der Waals surface area (Å²) >= 11 is 0. The van der Waals surface area contributed by atoms with Crippen molar-refractivity contribution in [3.8, 4) is 5.75 Å². The van der Waals surface area contributed by atoms with Gasteiger partial charge in [0.15, 0.2) is 0 Å². The maximum Gasteiger partial charge on any atom is 0.130 e. The Morgan fingerprint density at radius 3 is 2.60 bits per heavy atom. The summed E-state index contributed by atoms with van der Waals surface area (Å²) in [5.41, 5.74) is 8.61. The minimum atomic E-state index is 0.446. The van der Waals surface area contributed by atoms with Crippen LogP contribution in [0.5, 0.6) is 5.75 Å². The molecule has 0 aliphatic rings. The number of hydrogen-bond donors (Lipinski definition) is 1. The lowest BCUT2D eigenvalue weighted by Crippen LogP contribution is -2.03. The van der Waals surface area contributed by atoms with Crippen molar-refractivity contribution in [2.24, 2.45) is 5.73 Å². The summed E-state index contributed by atoms with van der Waals surface area (Å²) in [5.74, 6) is 0.824. The van der Waals surface area contributed by atoms with Gasteiger partial charge in [0.1, 0.15) is 12.4 Å². The Kier molecular flexibility index (Phi) is 3.61. The van der Waals surface area contributed by atoms with E-state index in [-0.39, 0.29) is 0 Å². The summed E-state index contributed by atoms with van der Waals surface area (Å²) < 4.78 is 5.82. The Bertz CT molecular complexity index is 725. The van der Waals surface area contributed by atoms with Crippen LogP contribution in [0.2, 0.25) is 0 Å². The van der Waals surface area contributed by atoms with E-state index in [1.54, 1.807) is 0 Å². The lowest BCUT2D eigenvalue weighted by atomic mass is 10.2. The highest BCUT2D eigenvalue weighted by atomic mass is 16.5. The molecule has 0 bridgehead atoms. The van der Waals surface area contributed by atoms with Gasteiger partial charge in [-0.15, -0.1) is 0 Å². The van der Waals surface area contributed by atoms with Crippen LogP contribution < -0.4 is 10.5 Å². The predicted octanol–water partition coefficient (Wildman–Crippen LogP) is 3.27. The Labute approximate surface area is 118 Å². The molecule has 3 nitrogen and oxygen atoms in total. The lowest BCUT2D eigenvalue weighted by molar-refractivity contribution is 0.298. The fourth-order valence-corrected chi connectivity index (χ4v) is 2.15. The molecule has 0 fully saturated rings. The SMILES string of the molecule is NCc1ccccc1OCc1ccc2ccccc2n1. The van der Waals surface area contributed by atoms with Crippen molar-refractivity contribution < 1.29 is 4.74 Å². The summed E-state index contributed by atoms with van der Waals surface area (Å²) in [4.78, 5) is 4.59. The van der Waals surface area contributed by atoms with Crippen molar-refractivity contribution in [3.05, 3.63) is 71.9 Å². The van der Waals surface area contributed by atoms with Crippen LogP contribution in [-0.2, 0) is 13.2 Å². The van der Waals surface area contributed by atoms with Crippen molar-refractivity contribution in [3.63, 3.8) is 0 Å². The van der Waals surface area contributed by atoms with Gasteiger partial charge in [0.25, 0.3) is 0 Å². The zero-order valence-electron chi connectivity index (χ0n) is 11.1. The van der Waals surface area contributed by atoms with Crippen LogP contribution in [-0.4, -0.2) is 4.98 Å². The third kappa shape index (κ3) is 2.63. The quantitative estimate of drug-likeness (QED) is 0.786. The minimum absolute atomic E-state index is 0.446. The molecule has 0 saturated carbocycles. The standard InChI is InChI=1S/C17H16N2O/c18-11-14-6-2-4-8-17(14)20-12-15-10-9-13-5-1-3-7-16(13)19-15/h1-10H,11-12,18H2. The van der Waals surface area contributed by atoms with Crippen LogP contribution in [0.4, 0.5) is 0 Å². The highest BCUT2D eigenvalue weighted by Gasteiger charge is 2.03. The second-order valence-electron chi connectivity index (χ2n) is 4.60. The molecule has 0 unspecified atom stereocenters. The summed E-state index contributed by atoms with van der Waals surface area (Å²) in [7, 11) is 0.